The smallest absolute Gasteiger partial charge is 0.279 e. The van der Waals surface area contributed by atoms with Crippen LogP contribution in [-0.4, -0.2) is 38.4 Å². The molecule has 0 aromatic heterocycles. The van der Waals surface area contributed by atoms with Crippen LogP contribution in [-0.2, 0) is 10.2 Å². The highest BCUT2D eigenvalue weighted by Gasteiger charge is 2.40. The molecule has 5 nitrogen and oxygen atoms in total. The van der Waals surface area contributed by atoms with E-state index < -0.39 is 10.2 Å². The monoisotopic (exact) mass is 247 g/mol. The van der Waals surface area contributed by atoms with Gasteiger partial charge in [-0.25, -0.2) is 4.72 Å². The van der Waals surface area contributed by atoms with E-state index >= 15 is 0 Å². The first-order valence-electron chi connectivity index (χ1n) is 6.03. The lowest BCUT2D eigenvalue weighted by Crippen LogP contribution is -2.39. The number of rotatable bonds is 3. The molecule has 0 spiro atoms. The minimum atomic E-state index is -3.24. The molecule has 1 heterocycles. The minimum absolute atomic E-state index is 0.267. The van der Waals surface area contributed by atoms with Gasteiger partial charge in [-0.3, -0.25) is 0 Å². The van der Waals surface area contributed by atoms with Crippen molar-refractivity contribution in [3.05, 3.63) is 0 Å². The number of hydrogen-bond acceptors (Lipinski definition) is 3. The molecule has 1 saturated carbocycles. The number of fused-ring (bicyclic) bond motifs is 1. The van der Waals surface area contributed by atoms with Gasteiger partial charge in [0.15, 0.2) is 0 Å². The summed E-state index contributed by atoms with van der Waals surface area (Å²) >= 11 is 0. The highest BCUT2D eigenvalue weighted by molar-refractivity contribution is 7.87. The molecule has 0 aromatic carbocycles. The van der Waals surface area contributed by atoms with Crippen LogP contribution in [0.5, 0.6) is 0 Å². The molecule has 0 radical (unpaired) electrons. The molecular formula is C10H21N3O2S. The maximum atomic E-state index is 11.8. The average Bonchev–Trinajstić information content (AvgIpc) is 2.61. The standard InChI is InChI=1S/C10H21N3O2S/c1-2-12-16(14,15)13-6-8-3-4-10(11)5-9(8)7-13/h8-10,12H,2-7,11H2,1H3/t8-,9+,10?/m1/s1. The number of nitrogens with two attached hydrogens (primary N) is 1. The fourth-order valence-corrected chi connectivity index (χ4v) is 4.22. The van der Waals surface area contributed by atoms with Gasteiger partial charge in [0.25, 0.3) is 10.2 Å². The van der Waals surface area contributed by atoms with Crippen molar-refractivity contribution in [1.82, 2.24) is 9.03 Å². The lowest BCUT2D eigenvalue weighted by atomic mass is 9.79. The molecule has 2 rings (SSSR count). The van der Waals surface area contributed by atoms with Crippen molar-refractivity contribution in [2.24, 2.45) is 17.6 Å². The third-order valence-corrected chi connectivity index (χ3v) is 5.35. The Morgan fingerprint density at radius 2 is 2.00 bits per heavy atom. The summed E-state index contributed by atoms with van der Waals surface area (Å²) in [4.78, 5) is 0. The molecule has 94 valence electrons. The van der Waals surface area contributed by atoms with Gasteiger partial charge >= 0.3 is 0 Å². The van der Waals surface area contributed by atoms with E-state index in [2.05, 4.69) is 4.72 Å². The second-order valence-electron chi connectivity index (χ2n) is 4.91. The molecule has 16 heavy (non-hydrogen) atoms. The molecule has 1 aliphatic heterocycles. The zero-order valence-corrected chi connectivity index (χ0v) is 10.5. The Hall–Kier alpha value is -0.170. The fraction of sp³-hybridized carbons (Fsp3) is 1.00. The van der Waals surface area contributed by atoms with Crippen molar-refractivity contribution in [1.29, 1.82) is 0 Å². The molecule has 2 fully saturated rings. The molecule has 1 saturated heterocycles. The zero-order chi connectivity index (χ0) is 11.8. The van der Waals surface area contributed by atoms with E-state index in [1.54, 1.807) is 11.2 Å². The number of nitrogens with zero attached hydrogens (tertiary/aromatic N) is 1. The van der Waals surface area contributed by atoms with E-state index in [9.17, 15) is 8.42 Å². The summed E-state index contributed by atoms with van der Waals surface area (Å²) in [6.07, 6.45) is 3.09. The van der Waals surface area contributed by atoms with E-state index in [4.69, 9.17) is 5.73 Å². The zero-order valence-electron chi connectivity index (χ0n) is 9.72. The summed E-state index contributed by atoms with van der Waals surface area (Å²) in [6.45, 7) is 3.57. The van der Waals surface area contributed by atoms with Crippen LogP contribution in [0.3, 0.4) is 0 Å². The lowest BCUT2D eigenvalue weighted by molar-refractivity contribution is 0.271. The van der Waals surface area contributed by atoms with Crippen LogP contribution in [0.25, 0.3) is 0 Å². The Morgan fingerprint density at radius 3 is 2.69 bits per heavy atom. The first-order valence-corrected chi connectivity index (χ1v) is 7.47. The largest absolute Gasteiger partial charge is 0.328 e. The lowest BCUT2D eigenvalue weighted by Gasteiger charge is -2.28. The Labute approximate surface area is 97.6 Å². The van der Waals surface area contributed by atoms with Crippen LogP contribution >= 0.6 is 0 Å². The SMILES string of the molecule is CCNS(=O)(=O)N1C[C@H]2CCC(N)C[C@H]2C1. The number of nitrogens with one attached hydrogen (secondary N) is 1. The van der Waals surface area contributed by atoms with Crippen LogP contribution < -0.4 is 10.5 Å². The second kappa shape index (κ2) is 4.60. The normalized spacial score (nSPS) is 36.2. The Kier molecular flexibility index (Phi) is 3.53. The number of hydrogen-bond donors (Lipinski definition) is 2. The van der Waals surface area contributed by atoms with Crippen LogP contribution in [0.15, 0.2) is 0 Å². The van der Waals surface area contributed by atoms with Gasteiger partial charge in [0, 0.05) is 25.7 Å². The molecule has 2 aliphatic rings. The van der Waals surface area contributed by atoms with Gasteiger partial charge in [-0.1, -0.05) is 6.92 Å². The topological polar surface area (TPSA) is 75.4 Å². The van der Waals surface area contributed by atoms with E-state index in [1.807, 2.05) is 0 Å². The van der Waals surface area contributed by atoms with Gasteiger partial charge in [0.05, 0.1) is 0 Å². The molecule has 0 bridgehead atoms. The molecule has 3 N–H and O–H groups in total. The van der Waals surface area contributed by atoms with E-state index in [-0.39, 0.29) is 6.04 Å². The fourth-order valence-electron chi connectivity index (χ4n) is 2.89. The summed E-state index contributed by atoms with van der Waals surface area (Å²) in [6, 6.07) is 0.267. The molecule has 0 amide bonds. The quantitative estimate of drug-likeness (QED) is 0.731. The summed E-state index contributed by atoms with van der Waals surface area (Å²) < 4.78 is 27.8. The average molecular weight is 247 g/mol. The van der Waals surface area contributed by atoms with Crippen molar-refractivity contribution < 1.29 is 8.42 Å². The Balaban J connectivity index is 2.02. The van der Waals surface area contributed by atoms with Crippen LogP contribution in [0.1, 0.15) is 26.2 Å². The molecule has 6 heteroatoms. The van der Waals surface area contributed by atoms with Crippen molar-refractivity contribution in [2.75, 3.05) is 19.6 Å². The van der Waals surface area contributed by atoms with Gasteiger partial charge < -0.3 is 5.73 Å². The second-order valence-corrected chi connectivity index (χ2v) is 6.67. The van der Waals surface area contributed by atoms with Crippen LogP contribution in [0.4, 0.5) is 0 Å². The highest BCUT2D eigenvalue weighted by atomic mass is 32.2. The first-order chi connectivity index (χ1) is 7.53. The molecule has 1 unspecified atom stereocenters. The van der Waals surface area contributed by atoms with Gasteiger partial charge in [0.1, 0.15) is 0 Å². The Bertz CT molecular complexity index is 344. The van der Waals surface area contributed by atoms with Gasteiger partial charge in [0.2, 0.25) is 0 Å². The van der Waals surface area contributed by atoms with Crippen molar-refractivity contribution in [3.8, 4) is 0 Å². The van der Waals surface area contributed by atoms with Crippen LogP contribution in [0.2, 0.25) is 0 Å². The first kappa shape index (κ1) is 12.3. The summed E-state index contributed by atoms with van der Waals surface area (Å²) in [5, 5.41) is 0. The van der Waals surface area contributed by atoms with E-state index in [0.29, 0.717) is 31.5 Å². The summed E-state index contributed by atoms with van der Waals surface area (Å²) in [5.41, 5.74) is 5.92. The van der Waals surface area contributed by atoms with Crippen molar-refractivity contribution >= 4 is 10.2 Å². The van der Waals surface area contributed by atoms with Gasteiger partial charge in [-0.05, 0) is 31.1 Å². The molecular weight excluding hydrogens is 226 g/mol. The Morgan fingerprint density at radius 1 is 1.31 bits per heavy atom. The highest BCUT2D eigenvalue weighted by Crippen LogP contribution is 2.36. The van der Waals surface area contributed by atoms with Crippen molar-refractivity contribution in [2.45, 2.75) is 32.2 Å². The molecule has 1 aliphatic carbocycles. The maximum absolute atomic E-state index is 11.8. The third-order valence-electron chi connectivity index (χ3n) is 3.72. The predicted molar refractivity (Wildman–Crippen MR) is 63.0 cm³/mol. The van der Waals surface area contributed by atoms with Crippen LogP contribution in [0, 0.1) is 11.8 Å². The molecule has 0 aromatic rings. The van der Waals surface area contributed by atoms with Crippen molar-refractivity contribution in [3.63, 3.8) is 0 Å². The summed E-state index contributed by atoms with van der Waals surface area (Å²) in [7, 11) is -3.24. The molecule has 3 atom stereocenters. The third kappa shape index (κ3) is 2.40. The van der Waals surface area contributed by atoms with Gasteiger partial charge in [-0.15, -0.1) is 0 Å². The maximum Gasteiger partial charge on any atom is 0.279 e. The van der Waals surface area contributed by atoms with Gasteiger partial charge in [-0.2, -0.15) is 12.7 Å². The minimum Gasteiger partial charge on any atom is -0.328 e. The van der Waals surface area contributed by atoms with E-state index in [1.165, 1.54) is 0 Å². The van der Waals surface area contributed by atoms with E-state index in [0.717, 1.165) is 19.3 Å². The summed E-state index contributed by atoms with van der Waals surface area (Å²) in [5.74, 6) is 0.991. The predicted octanol–water partition coefficient (Wildman–Crippen LogP) is -0.100.